The van der Waals surface area contributed by atoms with E-state index in [2.05, 4.69) is 15.3 Å². The number of nitrogens with zero attached hydrogens (tertiary/aromatic N) is 3. The lowest BCUT2D eigenvalue weighted by Gasteiger charge is -2.10. The lowest BCUT2D eigenvalue weighted by atomic mass is 10.2. The third-order valence-electron chi connectivity index (χ3n) is 4.51. The van der Waals surface area contributed by atoms with Gasteiger partial charge in [-0.1, -0.05) is 23.7 Å². The number of carbonyl (C=O) groups is 1. The lowest BCUT2D eigenvalue weighted by Crippen LogP contribution is -2.21. The third-order valence-corrected chi connectivity index (χ3v) is 5.57. The summed E-state index contributed by atoms with van der Waals surface area (Å²) in [5, 5.41) is 5.51. The van der Waals surface area contributed by atoms with Crippen LogP contribution >= 0.6 is 22.9 Å². The second kappa shape index (κ2) is 8.22. The Labute approximate surface area is 181 Å². The molecule has 0 fully saturated rings. The molecule has 30 heavy (non-hydrogen) atoms. The quantitative estimate of drug-likeness (QED) is 0.494. The molecule has 3 aromatic heterocycles. The van der Waals surface area contributed by atoms with Crippen LogP contribution in [0.4, 0.5) is 5.13 Å². The highest BCUT2D eigenvalue weighted by molar-refractivity contribution is 7.14. The summed E-state index contributed by atoms with van der Waals surface area (Å²) in [5.41, 5.74) is 4.01. The SMILES string of the molecule is Cc1ccc(-n2cc(C(=O)Nc3nc(-c4ncccc4C)cs3)ccc2=O)c(Cl)c1. The van der Waals surface area contributed by atoms with Crippen molar-refractivity contribution in [3.8, 4) is 17.1 Å². The highest BCUT2D eigenvalue weighted by Crippen LogP contribution is 2.26. The number of pyridine rings is 2. The predicted octanol–water partition coefficient (Wildman–Crippen LogP) is 4.88. The fourth-order valence-electron chi connectivity index (χ4n) is 2.98. The topological polar surface area (TPSA) is 76.9 Å². The molecule has 1 aromatic carbocycles. The number of hydrogen-bond acceptors (Lipinski definition) is 5. The molecule has 0 radical (unpaired) electrons. The van der Waals surface area contributed by atoms with Crippen LogP contribution in [0.3, 0.4) is 0 Å². The van der Waals surface area contributed by atoms with E-state index in [-0.39, 0.29) is 11.5 Å². The van der Waals surface area contributed by atoms with E-state index in [1.807, 2.05) is 37.4 Å². The fourth-order valence-corrected chi connectivity index (χ4v) is 4.00. The highest BCUT2D eigenvalue weighted by Gasteiger charge is 2.14. The number of aryl methyl sites for hydroxylation is 2. The predicted molar refractivity (Wildman–Crippen MR) is 120 cm³/mol. The molecule has 4 rings (SSSR count). The molecule has 0 unspecified atom stereocenters. The molecule has 0 aliphatic rings. The van der Waals surface area contributed by atoms with Gasteiger partial charge in [0.15, 0.2) is 5.13 Å². The number of anilines is 1. The Hall–Kier alpha value is -3.29. The maximum Gasteiger partial charge on any atom is 0.258 e. The summed E-state index contributed by atoms with van der Waals surface area (Å²) in [7, 11) is 0. The van der Waals surface area contributed by atoms with Gasteiger partial charge in [0.1, 0.15) is 5.69 Å². The smallest absolute Gasteiger partial charge is 0.258 e. The van der Waals surface area contributed by atoms with E-state index in [0.717, 1.165) is 16.8 Å². The van der Waals surface area contributed by atoms with Crippen LogP contribution in [0.5, 0.6) is 0 Å². The molecule has 0 aliphatic carbocycles. The van der Waals surface area contributed by atoms with Gasteiger partial charge in [0, 0.05) is 23.8 Å². The van der Waals surface area contributed by atoms with Gasteiger partial charge in [0.25, 0.3) is 11.5 Å². The number of amides is 1. The summed E-state index contributed by atoms with van der Waals surface area (Å²) < 4.78 is 1.36. The van der Waals surface area contributed by atoms with Gasteiger partial charge in [-0.3, -0.25) is 24.5 Å². The molecule has 3 heterocycles. The molecule has 4 aromatic rings. The van der Waals surface area contributed by atoms with Crippen molar-refractivity contribution < 1.29 is 4.79 Å². The van der Waals surface area contributed by atoms with Crippen molar-refractivity contribution in [1.29, 1.82) is 0 Å². The fraction of sp³-hybridized carbons (Fsp3) is 0.0909. The molecule has 0 spiro atoms. The first-order valence-electron chi connectivity index (χ1n) is 9.10. The van der Waals surface area contributed by atoms with Gasteiger partial charge in [-0.2, -0.15) is 0 Å². The number of halogens is 1. The highest BCUT2D eigenvalue weighted by atomic mass is 35.5. The van der Waals surface area contributed by atoms with Crippen LogP contribution in [0.2, 0.25) is 5.02 Å². The maximum absolute atomic E-state index is 12.8. The molecule has 0 atom stereocenters. The van der Waals surface area contributed by atoms with E-state index in [1.54, 1.807) is 18.3 Å². The Balaban J connectivity index is 1.61. The van der Waals surface area contributed by atoms with Crippen LogP contribution < -0.4 is 10.9 Å². The largest absolute Gasteiger partial charge is 0.298 e. The molecule has 1 amide bonds. The standard InChI is InChI=1S/C22H17ClN4O2S/c1-13-5-7-18(16(23)10-13)27-11-15(6-8-19(27)28)21(29)26-22-25-17(12-30-22)20-14(2)4-3-9-24-20/h3-12H,1-2H3,(H,25,26,29). The molecule has 0 saturated heterocycles. The van der Waals surface area contributed by atoms with Crippen LogP contribution in [0.15, 0.2) is 65.0 Å². The molecule has 0 saturated carbocycles. The van der Waals surface area contributed by atoms with E-state index < -0.39 is 0 Å². The van der Waals surface area contributed by atoms with Crippen molar-refractivity contribution in [2.75, 3.05) is 5.32 Å². The van der Waals surface area contributed by atoms with Gasteiger partial charge < -0.3 is 0 Å². The number of thiazole rings is 1. The lowest BCUT2D eigenvalue weighted by molar-refractivity contribution is 0.102. The van der Waals surface area contributed by atoms with Gasteiger partial charge in [0.05, 0.1) is 22.0 Å². The normalized spacial score (nSPS) is 10.8. The minimum absolute atomic E-state index is 0.278. The zero-order chi connectivity index (χ0) is 21.3. The number of benzene rings is 1. The first kappa shape index (κ1) is 20.0. The number of nitrogens with one attached hydrogen (secondary N) is 1. The van der Waals surface area contributed by atoms with Crippen LogP contribution in [0, 0.1) is 13.8 Å². The van der Waals surface area contributed by atoms with E-state index in [9.17, 15) is 9.59 Å². The summed E-state index contributed by atoms with van der Waals surface area (Å²) in [4.78, 5) is 33.9. The Morgan fingerprint density at radius 3 is 2.77 bits per heavy atom. The Morgan fingerprint density at radius 1 is 1.17 bits per heavy atom. The number of hydrogen-bond donors (Lipinski definition) is 1. The molecule has 0 bridgehead atoms. The third kappa shape index (κ3) is 4.03. The van der Waals surface area contributed by atoms with Crippen molar-refractivity contribution >= 4 is 34.0 Å². The minimum Gasteiger partial charge on any atom is -0.298 e. The van der Waals surface area contributed by atoms with E-state index in [0.29, 0.717) is 27.1 Å². The zero-order valence-corrected chi connectivity index (χ0v) is 17.8. The molecule has 0 aliphatic heterocycles. The summed E-state index contributed by atoms with van der Waals surface area (Å²) in [6.45, 7) is 3.87. The summed E-state index contributed by atoms with van der Waals surface area (Å²) in [6, 6.07) is 12.0. The average Bonchev–Trinajstić information content (AvgIpc) is 3.17. The van der Waals surface area contributed by atoms with E-state index in [4.69, 9.17) is 11.6 Å². The Bertz CT molecular complexity index is 1310. The zero-order valence-electron chi connectivity index (χ0n) is 16.2. The van der Waals surface area contributed by atoms with E-state index >= 15 is 0 Å². The van der Waals surface area contributed by atoms with Gasteiger partial charge >= 0.3 is 0 Å². The molecular weight excluding hydrogens is 420 g/mol. The van der Waals surface area contributed by atoms with Crippen LogP contribution in [-0.2, 0) is 0 Å². The maximum atomic E-state index is 12.8. The second-order valence-corrected chi connectivity index (χ2v) is 8.01. The molecule has 150 valence electrons. The van der Waals surface area contributed by atoms with Crippen molar-refractivity contribution in [2.24, 2.45) is 0 Å². The van der Waals surface area contributed by atoms with Gasteiger partial charge in [0.2, 0.25) is 0 Å². The number of carbonyl (C=O) groups excluding carboxylic acids is 1. The van der Waals surface area contributed by atoms with Crippen molar-refractivity contribution in [3.63, 3.8) is 0 Å². The molecule has 6 nitrogen and oxygen atoms in total. The van der Waals surface area contributed by atoms with Crippen LogP contribution in [0.1, 0.15) is 21.5 Å². The summed E-state index contributed by atoms with van der Waals surface area (Å²) >= 11 is 7.61. The number of aromatic nitrogens is 3. The van der Waals surface area contributed by atoms with Crippen molar-refractivity contribution in [3.05, 3.63) is 92.3 Å². The minimum atomic E-state index is -0.370. The van der Waals surface area contributed by atoms with Gasteiger partial charge in [-0.25, -0.2) is 4.98 Å². The van der Waals surface area contributed by atoms with Crippen LogP contribution in [-0.4, -0.2) is 20.4 Å². The molecule has 1 N–H and O–H groups in total. The first-order chi connectivity index (χ1) is 14.4. The Morgan fingerprint density at radius 2 is 2.00 bits per heavy atom. The van der Waals surface area contributed by atoms with Gasteiger partial charge in [-0.15, -0.1) is 11.3 Å². The van der Waals surface area contributed by atoms with Crippen LogP contribution in [0.25, 0.3) is 17.1 Å². The van der Waals surface area contributed by atoms with Gasteiger partial charge in [-0.05, 0) is 49.2 Å². The first-order valence-corrected chi connectivity index (χ1v) is 10.4. The van der Waals surface area contributed by atoms with E-state index in [1.165, 1.54) is 34.2 Å². The van der Waals surface area contributed by atoms with Crippen molar-refractivity contribution in [2.45, 2.75) is 13.8 Å². The Kier molecular flexibility index (Phi) is 5.48. The molecule has 8 heteroatoms. The summed E-state index contributed by atoms with van der Waals surface area (Å²) in [5.74, 6) is -0.370. The second-order valence-electron chi connectivity index (χ2n) is 6.74. The monoisotopic (exact) mass is 436 g/mol. The van der Waals surface area contributed by atoms with Crippen molar-refractivity contribution in [1.82, 2.24) is 14.5 Å². The number of rotatable bonds is 4. The average molecular weight is 437 g/mol. The molecular formula is C22H17ClN4O2S. The summed E-state index contributed by atoms with van der Waals surface area (Å²) in [6.07, 6.45) is 3.19.